The molecule has 0 unspecified atom stereocenters. The van der Waals surface area contributed by atoms with E-state index in [1.165, 1.54) is 0 Å². The summed E-state index contributed by atoms with van der Waals surface area (Å²) in [6.07, 6.45) is 0. The van der Waals surface area contributed by atoms with Gasteiger partial charge in [-0.3, -0.25) is 0 Å². The maximum Gasteiger partial charge on any atom is 0.173 e. The number of amidine groups is 1. The Hall–Kier alpha value is -1.46. The molecule has 0 heterocycles. The van der Waals surface area contributed by atoms with Gasteiger partial charge in [0.2, 0.25) is 0 Å². The zero-order chi connectivity index (χ0) is 12.7. The minimum absolute atomic E-state index is 0.0427. The molecule has 1 rings (SSSR count). The van der Waals surface area contributed by atoms with Gasteiger partial charge in [-0.2, -0.15) is 0 Å². The van der Waals surface area contributed by atoms with Crippen molar-refractivity contribution in [3.05, 3.63) is 28.8 Å². The molecule has 0 spiro atoms. The number of hydrogen-bond donors (Lipinski definition) is 2. The van der Waals surface area contributed by atoms with Crippen LogP contribution in [0.1, 0.15) is 12.5 Å². The fraction of sp³-hybridized carbons (Fsp3) is 0.364. The minimum atomic E-state index is -0.0427. The lowest BCUT2D eigenvalue weighted by Gasteiger charge is -2.10. The van der Waals surface area contributed by atoms with Crippen LogP contribution in [0.3, 0.4) is 0 Å². The largest absolute Gasteiger partial charge is 0.490 e. The predicted molar refractivity (Wildman–Crippen MR) is 66.0 cm³/mol. The van der Waals surface area contributed by atoms with Crippen LogP contribution in [-0.4, -0.2) is 30.9 Å². The Balaban J connectivity index is 2.76. The summed E-state index contributed by atoms with van der Waals surface area (Å²) in [6.45, 7) is 3.41. The van der Waals surface area contributed by atoms with E-state index >= 15 is 0 Å². The molecule has 3 N–H and O–H groups in total. The van der Waals surface area contributed by atoms with Crippen LogP contribution < -0.4 is 10.5 Å². The molecule has 0 aliphatic carbocycles. The van der Waals surface area contributed by atoms with Crippen molar-refractivity contribution in [3.8, 4) is 5.75 Å². The number of hydrogen-bond acceptors (Lipinski definition) is 4. The van der Waals surface area contributed by atoms with Crippen molar-refractivity contribution in [1.82, 2.24) is 0 Å². The van der Waals surface area contributed by atoms with Gasteiger partial charge in [-0.05, 0) is 25.1 Å². The highest BCUT2D eigenvalue weighted by Gasteiger charge is 2.09. The van der Waals surface area contributed by atoms with Crippen molar-refractivity contribution < 1.29 is 14.7 Å². The zero-order valence-electron chi connectivity index (χ0n) is 9.52. The Kier molecular flexibility index (Phi) is 5.59. The molecular formula is C11H15ClN2O3. The van der Waals surface area contributed by atoms with Gasteiger partial charge in [0.05, 0.1) is 12.2 Å². The lowest BCUT2D eigenvalue weighted by molar-refractivity contribution is 0.110. The summed E-state index contributed by atoms with van der Waals surface area (Å²) in [5, 5.41) is 12.1. The van der Waals surface area contributed by atoms with Crippen LogP contribution in [0.4, 0.5) is 0 Å². The molecule has 0 saturated carbocycles. The van der Waals surface area contributed by atoms with Crippen LogP contribution in [0.15, 0.2) is 23.4 Å². The van der Waals surface area contributed by atoms with Crippen LogP contribution in [0.2, 0.25) is 5.02 Å². The Bertz CT molecular complexity index is 396. The first kappa shape index (κ1) is 13.6. The van der Waals surface area contributed by atoms with E-state index in [0.29, 0.717) is 36.2 Å². The molecule has 0 aromatic heterocycles. The molecule has 0 atom stereocenters. The van der Waals surface area contributed by atoms with Crippen LogP contribution in [0.5, 0.6) is 5.75 Å². The number of nitrogens with two attached hydrogens (primary N) is 1. The number of rotatable bonds is 6. The third-order valence-electron chi connectivity index (χ3n) is 2.01. The number of nitrogens with zero attached hydrogens (tertiary/aromatic N) is 1. The standard InChI is InChI=1S/C11H15ClN2O3/c1-2-16-5-6-17-10-4-3-8(12)7-9(10)11(13)14-15/h3-4,7,15H,2,5-6H2,1H3,(H2,13,14). The topological polar surface area (TPSA) is 77.1 Å². The minimum Gasteiger partial charge on any atom is -0.490 e. The number of benzene rings is 1. The summed E-state index contributed by atoms with van der Waals surface area (Å²) in [5.74, 6) is 0.461. The van der Waals surface area contributed by atoms with E-state index in [2.05, 4.69) is 5.16 Å². The lowest BCUT2D eigenvalue weighted by atomic mass is 10.2. The molecule has 0 radical (unpaired) electrons. The molecule has 0 bridgehead atoms. The van der Waals surface area contributed by atoms with E-state index in [4.69, 9.17) is 32.0 Å². The average Bonchev–Trinajstić information content (AvgIpc) is 2.35. The number of oxime groups is 1. The summed E-state index contributed by atoms with van der Waals surface area (Å²) < 4.78 is 10.6. The summed E-state index contributed by atoms with van der Waals surface area (Å²) in [4.78, 5) is 0. The van der Waals surface area contributed by atoms with Gasteiger partial charge in [-0.1, -0.05) is 16.8 Å². The maximum absolute atomic E-state index is 8.65. The fourth-order valence-corrected chi connectivity index (χ4v) is 1.41. The molecule has 17 heavy (non-hydrogen) atoms. The second-order valence-electron chi connectivity index (χ2n) is 3.17. The van der Waals surface area contributed by atoms with Gasteiger partial charge in [0.1, 0.15) is 12.4 Å². The monoisotopic (exact) mass is 258 g/mol. The van der Waals surface area contributed by atoms with E-state index in [-0.39, 0.29) is 5.84 Å². The van der Waals surface area contributed by atoms with Crippen LogP contribution in [-0.2, 0) is 4.74 Å². The molecule has 0 fully saturated rings. The summed E-state index contributed by atoms with van der Waals surface area (Å²) in [6, 6.07) is 4.92. The highest BCUT2D eigenvalue weighted by molar-refractivity contribution is 6.31. The highest BCUT2D eigenvalue weighted by Crippen LogP contribution is 2.22. The molecule has 6 heteroatoms. The quantitative estimate of drug-likeness (QED) is 0.268. The third kappa shape index (κ3) is 4.13. The van der Waals surface area contributed by atoms with Crippen molar-refractivity contribution in [2.45, 2.75) is 6.92 Å². The Morgan fingerprint density at radius 2 is 2.24 bits per heavy atom. The van der Waals surface area contributed by atoms with Crippen LogP contribution >= 0.6 is 11.6 Å². The molecule has 0 aliphatic heterocycles. The van der Waals surface area contributed by atoms with Crippen LogP contribution in [0, 0.1) is 0 Å². The normalized spacial score (nSPS) is 11.5. The molecule has 0 amide bonds. The van der Waals surface area contributed by atoms with Gasteiger partial charge < -0.3 is 20.4 Å². The number of halogens is 1. The van der Waals surface area contributed by atoms with Gasteiger partial charge in [0, 0.05) is 11.6 Å². The van der Waals surface area contributed by atoms with Gasteiger partial charge >= 0.3 is 0 Å². The van der Waals surface area contributed by atoms with Crippen molar-refractivity contribution in [1.29, 1.82) is 0 Å². The SMILES string of the molecule is CCOCCOc1ccc(Cl)cc1C(N)=NO. The van der Waals surface area contributed by atoms with E-state index in [0.717, 1.165) is 0 Å². The van der Waals surface area contributed by atoms with Crippen molar-refractivity contribution in [2.24, 2.45) is 10.9 Å². The first-order valence-electron chi connectivity index (χ1n) is 5.17. The van der Waals surface area contributed by atoms with Crippen molar-refractivity contribution in [3.63, 3.8) is 0 Å². The second-order valence-corrected chi connectivity index (χ2v) is 3.61. The van der Waals surface area contributed by atoms with E-state index in [9.17, 15) is 0 Å². The average molecular weight is 259 g/mol. The summed E-state index contributed by atoms with van der Waals surface area (Å²) in [5.41, 5.74) is 5.98. The summed E-state index contributed by atoms with van der Waals surface area (Å²) >= 11 is 5.83. The Morgan fingerprint density at radius 1 is 1.47 bits per heavy atom. The fourth-order valence-electron chi connectivity index (χ4n) is 1.24. The second kappa shape index (κ2) is 6.98. The first-order chi connectivity index (χ1) is 8.19. The van der Waals surface area contributed by atoms with Gasteiger partial charge in [0.15, 0.2) is 5.84 Å². The van der Waals surface area contributed by atoms with Crippen LogP contribution in [0.25, 0.3) is 0 Å². The lowest BCUT2D eigenvalue weighted by Crippen LogP contribution is -2.16. The van der Waals surface area contributed by atoms with Gasteiger partial charge in [-0.25, -0.2) is 0 Å². The first-order valence-corrected chi connectivity index (χ1v) is 5.54. The third-order valence-corrected chi connectivity index (χ3v) is 2.25. The number of ether oxygens (including phenoxy) is 2. The molecule has 5 nitrogen and oxygen atoms in total. The zero-order valence-corrected chi connectivity index (χ0v) is 10.3. The maximum atomic E-state index is 8.65. The van der Waals surface area contributed by atoms with E-state index in [1.807, 2.05) is 6.92 Å². The Labute approximate surface area is 105 Å². The van der Waals surface area contributed by atoms with E-state index < -0.39 is 0 Å². The molecule has 94 valence electrons. The van der Waals surface area contributed by atoms with Crippen molar-refractivity contribution >= 4 is 17.4 Å². The molecule has 0 aliphatic rings. The van der Waals surface area contributed by atoms with E-state index in [1.54, 1.807) is 18.2 Å². The molecular weight excluding hydrogens is 244 g/mol. The summed E-state index contributed by atoms with van der Waals surface area (Å²) in [7, 11) is 0. The highest BCUT2D eigenvalue weighted by atomic mass is 35.5. The molecule has 0 saturated heterocycles. The van der Waals surface area contributed by atoms with Gasteiger partial charge in [-0.15, -0.1) is 0 Å². The smallest absolute Gasteiger partial charge is 0.173 e. The molecule has 1 aromatic rings. The Morgan fingerprint density at radius 3 is 2.88 bits per heavy atom. The predicted octanol–water partition coefficient (Wildman–Crippen LogP) is 1.85. The molecule has 1 aromatic carbocycles. The van der Waals surface area contributed by atoms with Crippen molar-refractivity contribution in [2.75, 3.05) is 19.8 Å². The van der Waals surface area contributed by atoms with Gasteiger partial charge in [0.25, 0.3) is 0 Å².